The van der Waals surface area contributed by atoms with Crippen LogP contribution in [0.15, 0.2) is 53.4 Å². The van der Waals surface area contributed by atoms with Crippen LogP contribution < -0.4 is 0 Å². The minimum absolute atomic E-state index is 0.156. The molecule has 0 spiro atoms. The first-order chi connectivity index (χ1) is 8.36. The second-order valence-electron chi connectivity index (χ2n) is 4.08. The molecule has 0 amide bonds. The molecule has 0 radical (unpaired) electrons. The number of carbonyl (C=O) groups is 1. The van der Waals surface area contributed by atoms with Crippen LogP contribution in [-0.4, -0.2) is 11.5 Å². The van der Waals surface area contributed by atoms with Crippen LogP contribution in [0, 0.1) is 0 Å². The van der Waals surface area contributed by atoms with Gasteiger partial charge >= 0.3 is 0 Å². The van der Waals surface area contributed by atoms with Crippen molar-refractivity contribution in [2.24, 2.45) is 0 Å². The number of benzene rings is 2. The molecule has 1 aliphatic rings. The second-order valence-corrected chi connectivity index (χ2v) is 5.22. The molecule has 1 aliphatic heterocycles. The Morgan fingerprint density at radius 2 is 1.59 bits per heavy atom. The summed E-state index contributed by atoms with van der Waals surface area (Å²) in [6.07, 6.45) is 0.959. The summed E-state index contributed by atoms with van der Waals surface area (Å²) in [7, 11) is 0. The van der Waals surface area contributed by atoms with Crippen LogP contribution in [0.1, 0.15) is 21.5 Å². The Labute approximate surface area is 105 Å². The van der Waals surface area contributed by atoms with Gasteiger partial charge in [-0.05, 0) is 24.1 Å². The molecule has 0 aromatic heterocycles. The van der Waals surface area contributed by atoms with E-state index in [9.17, 15) is 4.79 Å². The topological polar surface area (TPSA) is 17.1 Å². The van der Waals surface area contributed by atoms with Gasteiger partial charge < -0.3 is 0 Å². The number of ketones is 1. The molecule has 1 nitrogen and oxygen atoms in total. The molecule has 0 saturated carbocycles. The van der Waals surface area contributed by atoms with Crippen LogP contribution in [0.25, 0.3) is 0 Å². The summed E-state index contributed by atoms with van der Waals surface area (Å²) >= 11 is 1.77. The predicted octanol–water partition coefficient (Wildman–Crippen LogP) is 3.57. The monoisotopic (exact) mass is 240 g/mol. The predicted molar refractivity (Wildman–Crippen MR) is 70.7 cm³/mol. The number of hydrogen-bond acceptors (Lipinski definition) is 2. The van der Waals surface area contributed by atoms with E-state index >= 15 is 0 Å². The summed E-state index contributed by atoms with van der Waals surface area (Å²) in [5, 5.41) is 0. The Balaban J connectivity index is 2.18. The molecule has 2 aromatic carbocycles. The lowest BCUT2D eigenvalue weighted by Gasteiger charge is -2.15. The molecule has 3 rings (SSSR count). The first-order valence-electron chi connectivity index (χ1n) is 5.71. The van der Waals surface area contributed by atoms with Crippen molar-refractivity contribution in [1.82, 2.24) is 0 Å². The van der Waals surface area contributed by atoms with Gasteiger partial charge in [-0.15, -0.1) is 11.8 Å². The van der Waals surface area contributed by atoms with Crippen LogP contribution in [0.3, 0.4) is 0 Å². The zero-order valence-corrected chi connectivity index (χ0v) is 10.2. The van der Waals surface area contributed by atoms with E-state index in [0.29, 0.717) is 0 Å². The number of hydrogen-bond donors (Lipinski definition) is 0. The van der Waals surface area contributed by atoms with Gasteiger partial charge in [-0.3, -0.25) is 4.79 Å². The fraction of sp³-hybridized carbons (Fsp3) is 0.133. The van der Waals surface area contributed by atoms with E-state index in [1.165, 1.54) is 5.56 Å². The van der Waals surface area contributed by atoms with Crippen molar-refractivity contribution in [3.63, 3.8) is 0 Å². The first-order valence-corrected chi connectivity index (χ1v) is 6.69. The number of rotatable bonds is 0. The third kappa shape index (κ3) is 1.89. The van der Waals surface area contributed by atoms with E-state index in [-0.39, 0.29) is 5.78 Å². The third-order valence-electron chi connectivity index (χ3n) is 3.02. The molecule has 1 heterocycles. The maximum absolute atomic E-state index is 12.5. The van der Waals surface area contributed by atoms with Crippen molar-refractivity contribution in [1.29, 1.82) is 0 Å². The molecule has 84 valence electrons. The van der Waals surface area contributed by atoms with E-state index in [1.54, 1.807) is 11.8 Å². The SMILES string of the molecule is O=C1c2ccccc2CCSc2ccccc21. The lowest BCUT2D eigenvalue weighted by Crippen LogP contribution is -2.10. The molecule has 0 N–H and O–H groups in total. The molecular formula is C15H12OS. The van der Waals surface area contributed by atoms with E-state index < -0.39 is 0 Å². The average molecular weight is 240 g/mol. The normalized spacial score (nSPS) is 14.5. The van der Waals surface area contributed by atoms with Gasteiger partial charge in [0.2, 0.25) is 0 Å². The van der Waals surface area contributed by atoms with E-state index in [1.807, 2.05) is 42.5 Å². The van der Waals surface area contributed by atoms with Gasteiger partial charge in [-0.1, -0.05) is 36.4 Å². The van der Waals surface area contributed by atoms with Crippen molar-refractivity contribution in [3.8, 4) is 0 Å². The molecule has 0 atom stereocenters. The molecule has 0 fully saturated rings. The molecule has 17 heavy (non-hydrogen) atoms. The molecule has 0 saturated heterocycles. The fourth-order valence-electron chi connectivity index (χ4n) is 2.16. The Morgan fingerprint density at radius 1 is 0.882 bits per heavy atom. The van der Waals surface area contributed by atoms with Gasteiger partial charge in [0.15, 0.2) is 5.78 Å². The molecule has 2 aromatic rings. The van der Waals surface area contributed by atoms with Crippen LogP contribution in [0.4, 0.5) is 0 Å². The minimum Gasteiger partial charge on any atom is -0.289 e. The van der Waals surface area contributed by atoms with Gasteiger partial charge in [-0.25, -0.2) is 0 Å². The standard InChI is InChI=1S/C15H12OS/c16-15-12-6-2-1-5-11(12)9-10-17-14-8-4-3-7-13(14)15/h1-8H,9-10H2. The molecule has 0 aliphatic carbocycles. The van der Waals surface area contributed by atoms with Gasteiger partial charge in [0.05, 0.1) is 0 Å². The van der Waals surface area contributed by atoms with E-state index in [0.717, 1.165) is 28.2 Å². The molecule has 0 unspecified atom stereocenters. The molecule has 2 heteroatoms. The van der Waals surface area contributed by atoms with Crippen molar-refractivity contribution in [2.45, 2.75) is 11.3 Å². The average Bonchev–Trinajstić information content (AvgIpc) is 2.37. The van der Waals surface area contributed by atoms with E-state index in [4.69, 9.17) is 0 Å². The Morgan fingerprint density at radius 3 is 2.47 bits per heavy atom. The summed E-state index contributed by atoms with van der Waals surface area (Å²) < 4.78 is 0. The van der Waals surface area contributed by atoms with Crippen molar-refractivity contribution in [2.75, 3.05) is 5.75 Å². The number of aryl methyl sites for hydroxylation is 1. The van der Waals surface area contributed by atoms with Gasteiger partial charge in [-0.2, -0.15) is 0 Å². The maximum Gasteiger partial charge on any atom is 0.194 e. The van der Waals surface area contributed by atoms with Gasteiger partial charge in [0, 0.05) is 21.8 Å². The summed E-state index contributed by atoms with van der Waals surface area (Å²) in [6.45, 7) is 0. The zero-order chi connectivity index (χ0) is 11.7. The highest BCUT2D eigenvalue weighted by Gasteiger charge is 2.18. The van der Waals surface area contributed by atoms with Gasteiger partial charge in [0.1, 0.15) is 0 Å². The quantitative estimate of drug-likeness (QED) is 0.700. The first kappa shape index (κ1) is 10.6. The van der Waals surface area contributed by atoms with Crippen LogP contribution in [0.2, 0.25) is 0 Å². The highest BCUT2D eigenvalue weighted by Crippen LogP contribution is 2.29. The van der Waals surface area contributed by atoms with Crippen LogP contribution in [-0.2, 0) is 6.42 Å². The lowest BCUT2D eigenvalue weighted by atomic mass is 9.97. The van der Waals surface area contributed by atoms with E-state index in [2.05, 4.69) is 6.07 Å². The van der Waals surface area contributed by atoms with Crippen molar-refractivity contribution >= 4 is 17.5 Å². The van der Waals surface area contributed by atoms with Crippen LogP contribution >= 0.6 is 11.8 Å². The summed E-state index contributed by atoms with van der Waals surface area (Å²) in [5.41, 5.74) is 2.87. The largest absolute Gasteiger partial charge is 0.289 e. The number of carbonyl (C=O) groups excluding carboxylic acids is 1. The number of thioether (sulfide) groups is 1. The Kier molecular flexibility index (Phi) is 2.73. The second kappa shape index (κ2) is 4.38. The molecular weight excluding hydrogens is 228 g/mol. The number of fused-ring (bicyclic) bond motifs is 2. The maximum atomic E-state index is 12.5. The van der Waals surface area contributed by atoms with Crippen LogP contribution in [0.5, 0.6) is 0 Å². The zero-order valence-electron chi connectivity index (χ0n) is 9.35. The summed E-state index contributed by atoms with van der Waals surface area (Å²) in [6, 6.07) is 15.8. The summed E-state index contributed by atoms with van der Waals surface area (Å²) in [4.78, 5) is 13.6. The fourth-order valence-corrected chi connectivity index (χ4v) is 3.19. The molecule has 0 bridgehead atoms. The van der Waals surface area contributed by atoms with Gasteiger partial charge in [0.25, 0.3) is 0 Å². The van der Waals surface area contributed by atoms with Crippen molar-refractivity contribution in [3.05, 3.63) is 65.2 Å². The smallest absolute Gasteiger partial charge is 0.194 e. The third-order valence-corrected chi connectivity index (χ3v) is 4.10. The minimum atomic E-state index is 0.156. The summed E-state index contributed by atoms with van der Waals surface area (Å²) in [5.74, 6) is 1.19. The Hall–Kier alpha value is -1.54. The lowest BCUT2D eigenvalue weighted by molar-refractivity contribution is 0.103. The highest BCUT2D eigenvalue weighted by atomic mass is 32.2. The Bertz CT molecular complexity index is 525. The van der Waals surface area contributed by atoms with Crippen molar-refractivity contribution < 1.29 is 4.79 Å². The highest BCUT2D eigenvalue weighted by molar-refractivity contribution is 7.99.